The van der Waals surface area contributed by atoms with Gasteiger partial charge in [0.15, 0.2) is 0 Å². The maximum Gasteiger partial charge on any atom is 0.250 e. The van der Waals surface area contributed by atoms with Crippen LogP contribution in [-0.4, -0.2) is 51.0 Å². The van der Waals surface area contributed by atoms with Gasteiger partial charge in [-0.05, 0) is 48.6 Å². The first-order chi connectivity index (χ1) is 15.4. The van der Waals surface area contributed by atoms with Gasteiger partial charge in [0.05, 0.1) is 24.1 Å². The number of aryl methyl sites for hydroxylation is 1. The van der Waals surface area contributed by atoms with Gasteiger partial charge in [-0.2, -0.15) is 0 Å². The van der Waals surface area contributed by atoms with E-state index in [4.69, 9.17) is 0 Å². The highest BCUT2D eigenvalue weighted by atomic mass is 19.1. The number of benzene rings is 1. The van der Waals surface area contributed by atoms with Gasteiger partial charge in [-0.25, -0.2) is 9.37 Å². The molecule has 5 rings (SSSR count). The van der Waals surface area contributed by atoms with Crippen molar-refractivity contribution in [1.29, 1.82) is 0 Å². The van der Waals surface area contributed by atoms with E-state index >= 15 is 0 Å². The smallest absolute Gasteiger partial charge is 0.250 e. The fourth-order valence-electron chi connectivity index (χ4n) is 4.82. The molecule has 2 saturated heterocycles. The van der Waals surface area contributed by atoms with Crippen LogP contribution in [0.5, 0.6) is 5.75 Å². The van der Waals surface area contributed by atoms with Gasteiger partial charge in [-0.15, -0.1) is 0 Å². The molecule has 2 fully saturated rings. The van der Waals surface area contributed by atoms with Gasteiger partial charge in [0.25, 0.3) is 5.56 Å². The molecule has 4 atom stereocenters. The third-order valence-corrected chi connectivity index (χ3v) is 6.76. The van der Waals surface area contributed by atoms with Crippen LogP contribution in [0.25, 0.3) is 22.4 Å². The molecule has 3 aromatic rings. The molecule has 8 heteroatoms. The monoisotopic (exact) mass is 435 g/mol. The lowest BCUT2D eigenvalue weighted by Gasteiger charge is -2.38. The SMILES string of the molecule is CN(c1cnc(-c2ccc(-c3ccn(C)c(=O)c3)cc2O)cn1)[C@@H]1C[C@H]2CC[C@H](N2)[C@@H]1F. The van der Waals surface area contributed by atoms with Gasteiger partial charge < -0.3 is 19.9 Å². The van der Waals surface area contributed by atoms with Crippen molar-refractivity contribution in [2.75, 3.05) is 11.9 Å². The lowest BCUT2D eigenvalue weighted by atomic mass is 9.96. The molecule has 2 aliphatic heterocycles. The van der Waals surface area contributed by atoms with E-state index in [-0.39, 0.29) is 23.4 Å². The van der Waals surface area contributed by atoms with Crippen molar-refractivity contribution in [3.05, 3.63) is 59.3 Å². The molecule has 2 aliphatic rings. The van der Waals surface area contributed by atoms with Crippen LogP contribution in [0.4, 0.5) is 10.2 Å². The molecule has 166 valence electrons. The number of nitrogens with one attached hydrogen (secondary N) is 1. The summed E-state index contributed by atoms with van der Waals surface area (Å²) in [6.07, 6.45) is 6.64. The lowest BCUT2D eigenvalue weighted by molar-refractivity contribution is 0.176. The van der Waals surface area contributed by atoms with Crippen LogP contribution in [-0.2, 0) is 7.05 Å². The van der Waals surface area contributed by atoms with E-state index in [9.17, 15) is 14.3 Å². The molecule has 0 saturated carbocycles. The predicted molar refractivity (Wildman–Crippen MR) is 121 cm³/mol. The average molecular weight is 436 g/mol. The van der Waals surface area contributed by atoms with E-state index < -0.39 is 6.17 Å². The van der Waals surface area contributed by atoms with Crippen molar-refractivity contribution in [1.82, 2.24) is 19.9 Å². The van der Waals surface area contributed by atoms with E-state index in [0.29, 0.717) is 23.1 Å². The number of aromatic hydroxyl groups is 1. The number of piperidine rings is 1. The van der Waals surface area contributed by atoms with E-state index in [2.05, 4.69) is 15.3 Å². The summed E-state index contributed by atoms with van der Waals surface area (Å²) in [5, 5.41) is 13.9. The first-order valence-corrected chi connectivity index (χ1v) is 10.9. The Labute approximate surface area is 185 Å². The molecule has 0 spiro atoms. The van der Waals surface area contributed by atoms with Crippen molar-refractivity contribution in [2.24, 2.45) is 7.05 Å². The molecule has 1 aromatic carbocycles. The Morgan fingerprint density at radius 1 is 1.16 bits per heavy atom. The van der Waals surface area contributed by atoms with Crippen molar-refractivity contribution in [2.45, 2.75) is 43.6 Å². The Hall–Kier alpha value is -3.26. The van der Waals surface area contributed by atoms with Crippen LogP contribution in [0.1, 0.15) is 19.3 Å². The highest BCUT2D eigenvalue weighted by Crippen LogP contribution is 2.34. The summed E-state index contributed by atoms with van der Waals surface area (Å²) >= 11 is 0. The topological polar surface area (TPSA) is 83.3 Å². The quantitative estimate of drug-likeness (QED) is 0.656. The third-order valence-electron chi connectivity index (χ3n) is 6.76. The summed E-state index contributed by atoms with van der Waals surface area (Å²) in [5.74, 6) is 0.663. The molecule has 2 bridgehead atoms. The Morgan fingerprint density at radius 2 is 1.97 bits per heavy atom. The van der Waals surface area contributed by atoms with Crippen molar-refractivity contribution in [3.8, 4) is 28.1 Å². The van der Waals surface area contributed by atoms with Gasteiger partial charge in [0.1, 0.15) is 17.7 Å². The summed E-state index contributed by atoms with van der Waals surface area (Å²) in [7, 11) is 3.55. The summed E-state index contributed by atoms with van der Waals surface area (Å²) in [6.45, 7) is 0. The Kier molecular flexibility index (Phi) is 5.17. The number of hydrogen-bond acceptors (Lipinski definition) is 6. The molecule has 7 nitrogen and oxygen atoms in total. The Balaban J connectivity index is 1.37. The van der Waals surface area contributed by atoms with Gasteiger partial charge in [0.2, 0.25) is 0 Å². The number of alkyl halides is 1. The van der Waals surface area contributed by atoms with E-state index in [1.54, 1.807) is 37.8 Å². The molecule has 2 N–H and O–H groups in total. The van der Waals surface area contributed by atoms with Crippen molar-refractivity contribution < 1.29 is 9.50 Å². The Bertz CT molecular complexity index is 1200. The van der Waals surface area contributed by atoms with Crippen LogP contribution in [0.15, 0.2) is 53.7 Å². The maximum atomic E-state index is 14.9. The highest BCUT2D eigenvalue weighted by Gasteiger charge is 2.43. The number of hydrogen-bond donors (Lipinski definition) is 2. The minimum atomic E-state index is -0.938. The standard InChI is InChI=1S/C24H26FN5O2/c1-29-8-7-15(10-23(29)32)14-3-5-17(21(31)9-14)19-12-27-22(13-26-19)30(2)20-11-16-4-6-18(28-16)24(20)25/h3,5,7-10,12-13,16,18,20,24,28,31H,4,6,11H2,1-2H3/t16-,18+,20-,24+/m1/s1. The second-order valence-corrected chi connectivity index (χ2v) is 8.76. The Morgan fingerprint density at radius 3 is 2.69 bits per heavy atom. The number of pyridine rings is 1. The molecule has 2 aromatic heterocycles. The average Bonchev–Trinajstić information content (AvgIpc) is 3.21. The third kappa shape index (κ3) is 3.64. The van der Waals surface area contributed by atoms with E-state index in [0.717, 1.165) is 30.4 Å². The maximum absolute atomic E-state index is 14.9. The number of fused-ring (bicyclic) bond motifs is 2. The van der Waals surface area contributed by atoms with E-state index in [1.165, 1.54) is 10.6 Å². The van der Waals surface area contributed by atoms with Gasteiger partial charge >= 0.3 is 0 Å². The van der Waals surface area contributed by atoms with Crippen molar-refractivity contribution >= 4 is 5.82 Å². The van der Waals surface area contributed by atoms with Crippen LogP contribution < -0.4 is 15.8 Å². The molecule has 4 heterocycles. The van der Waals surface area contributed by atoms with Gasteiger partial charge in [-0.1, -0.05) is 6.07 Å². The van der Waals surface area contributed by atoms with Crippen LogP contribution >= 0.6 is 0 Å². The molecule has 0 aliphatic carbocycles. The molecule has 0 unspecified atom stereocenters. The predicted octanol–water partition coefficient (Wildman–Crippen LogP) is 2.88. The van der Waals surface area contributed by atoms with Crippen LogP contribution in [0, 0.1) is 0 Å². The number of nitrogens with zero attached hydrogens (tertiary/aromatic N) is 4. The minimum absolute atomic E-state index is 0.0531. The number of aromatic nitrogens is 3. The number of anilines is 1. The second kappa shape index (κ2) is 8.02. The minimum Gasteiger partial charge on any atom is -0.507 e. The molecule has 32 heavy (non-hydrogen) atoms. The van der Waals surface area contributed by atoms with E-state index in [1.807, 2.05) is 24.1 Å². The molecule has 0 radical (unpaired) electrons. The number of halogens is 1. The first-order valence-electron chi connectivity index (χ1n) is 10.9. The summed E-state index contributed by atoms with van der Waals surface area (Å²) in [4.78, 5) is 22.8. The lowest BCUT2D eigenvalue weighted by Crippen LogP contribution is -2.55. The molecule has 0 amide bonds. The normalized spacial score (nSPS) is 24.5. The molecular weight excluding hydrogens is 409 g/mol. The summed E-state index contributed by atoms with van der Waals surface area (Å²) in [5.41, 5.74) is 2.42. The largest absolute Gasteiger partial charge is 0.507 e. The molecular formula is C24H26FN5O2. The fraction of sp³-hybridized carbons (Fsp3) is 0.375. The highest BCUT2D eigenvalue weighted by molar-refractivity contribution is 5.74. The zero-order valence-corrected chi connectivity index (χ0v) is 18.1. The first kappa shape index (κ1) is 20.6. The van der Waals surface area contributed by atoms with Crippen molar-refractivity contribution in [3.63, 3.8) is 0 Å². The number of phenols is 1. The van der Waals surface area contributed by atoms with Gasteiger partial charge in [0, 0.05) is 44.0 Å². The second-order valence-electron chi connectivity index (χ2n) is 8.76. The summed E-state index contributed by atoms with van der Waals surface area (Å²) in [6, 6.07) is 8.64. The summed E-state index contributed by atoms with van der Waals surface area (Å²) < 4.78 is 16.4. The number of phenolic OH excluding ortho intramolecular Hbond substituents is 1. The van der Waals surface area contributed by atoms with Crippen LogP contribution in [0.2, 0.25) is 0 Å². The number of rotatable bonds is 4. The van der Waals surface area contributed by atoms with Gasteiger partial charge in [-0.3, -0.25) is 9.78 Å². The van der Waals surface area contributed by atoms with Crippen LogP contribution in [0.3, 0.4) is 0 Å². The zero-order valence-electron chi connectivity index (χ0n) is 18.1. The fourth-order valence-corrected chi connectivity index (χ4v) is 4.82. The zero-order chi connectivity index (χ0) is 22.4.